The van der Waals surface area contributed by atoms with Gasteiger partial charge in [-0.1, -0.05) is 5.16 Å². The first-order valence-corrected chi connectivity index (χ1v) is 8.47. The van der Waals surface area contributed by atoms with Crippen LogP contribution in [0.3, 0.4) is 0 Å². The van der Waals surface area contributed by atoms with Crippen molar-refractivity contribution < 1.29 is 13.7 Å². The number of aromatic nitrogens is 1. The van der Waals surface area contributed by atoms with E-state index in [0.717, 1.165) is 37.6 Å². The third kappa shape index (κ3) is 4.36. The van der Waals surface area contributed by atoms with Crippen molar-refractivity contribution >= 4 is 11.6 Å². The highest BCUT2D eigenvalue weighted by molar-refractivity contribution is 5.81. The van der Waals surface area contributed by atoms with Crippen LogP contribution < -0.4 is 10.2 Å². The molecule has 0 aliphatic carbocycles. The van der Waals surface area contributed by atoms with Crippen molar-refractivity contribution in [1.29, 1.82) is 0 Å². The Labute approximate surface area is 146 Å². The first-order valence-electron chi connectivity index (χ1n) is 8.47. The molecule has 0 radical (unpaired) electrons. The zero-order chi connectivity index (χ0) is 17.8. The lowest BCUT2D eigenvalue weighted by atomic mass is 10.2. The van der Waals surface area contributed by atoms with Crippen LogP contribution in [0, 0.1) is 12.7 Å². The first kappa shape index (κ1) is 17.4. The maximum absolute atomic E-state index is 13.0. The Balaban J connectivity index is 1.48. The summed E-state index contributed by atoms with van der Waals surface area (Å²) in [5.41, 5.74) is 1.81. The second-order valence-corrected chi connectivity index (χ2v) is 6.33. The SMILES string of the molecule is Cc1cc(CNC(=O)C(C)N2CCN(c3ccc(F)cc3)CC2)on1. The minimum atomic E-state index is -0.227. The number of benzene rings is 1. The molecule has 0 bridgehead atoms. The number of anilines is 1. The second-order valence-electron chi connectivity index (χ2n) is 6.33. The van der Waals surface area contributed by atoms with E-state index < -0.39 is 0 Å². The van der Waals surface area contributed by atoms with Crippen molar-refractivity contribution in [2.75, 3.05) is 31.1 Å². The fourth-order valence-corrected chi connectivity index (χ4v) is 3.01. The van der Waals surface area contributed by atoms with Crippen molar-refractivity contribution in [2.24, 2.45) is 0 Å². The molecule has 1 saturated heterocycles. The lowest BCUT2D eigenvalue weighted by Gasteiger charge is -2.38. The summed E-state index contributed by atoms with van der Waals surface area (Å²) in [6.07, 6.45) is 0. The molecule has 1 aliphatic heterocycles. The van der Waals surface area contributed by atoms with Crippen molar-refractivity contribution in [3.63, 3.8) is 0 Å². The number of rotatable bonds is 5. The summed E-state index contributed by atoms with van der Waals surface area (Å²) in [4.78, 5) is 16.7. The van der Waals surface area contributed by atoms with Crippen LogP contribution in [0.2, 0.25) is 0 Å². The fourth-order valence-electron chi connectivity index (χ4n) is 3.01. The van der Waals surface area contributed by atoms with Gasteiger partial charge in [-0.3, -0.25) is 9.69 Å². The molecule has 134 valence electrons. The second kappa shape index (κ2) is 7.65. The molecular weight excluding hydrogens is 323 g/mol. The van der Waals surface area contributed by atoms with Gasteiger partial charge < -0.3 is 14.7 Å². The highest BCUT2D eigenvalue weighted by atomic mass is 19.1. The number of nitrogens with one attached hydrogen (secondary N) is 1. The van der Waals surface area contributed by atoms with E-state index in [-0.39, 0.29) is 17.8 Å². The Bertz CT molecular complexity index is 708. The first-order chi connectivity index (χ1) is 12.0. The average Bonchev–Trinajstić information content (AvgIpc) is 3.05. The number of hydrogen-bond acceptors (Lipinski definition) is 5. The van der Waals surface area contributed by atoms with Crippen LogP contribution in [0.1, 0.15) is 18.4 Å². The van der Waals surface area contributed by atoms with Gasteiger partial charge in [-0.15, -0.1) is 0 Å². The minimum Gasteiger partial charge on any atom is -0.369 e. The van der Waals surface area contributed by atoms with Crippen LogP contribution >= 0.6 is 0 Å². The standard InChI is InChI=1S/C18H23FN4O2/c1-13-11-17(25-21-13)12-20-18(24)14(2)22-7-9-23(10-8-22)16-5-3-15(19)4-6-16/h3-6,11,14H,7-10,12H2,1-2H3,(H,20,24). The Kier molecular flexibility index (Phi) is 5.33. The molecule has 1 amide bonds. The van der Waals surface area contributed by atoms with E-state index in [1.54, 1.807) is 12.1 Å². The molecule has 0 saturated carbocycles. The molecule has 1 atom stereocenters. The number of piperazine rings is 1. The lowest BCUT2D eigenvalue weighted by molar-refractivity contribution is -0.126. The van der Waals surface area contributed by atoms with Gasteiger partial charge in [0.15, 0.2) is 5.76 Å². The van der Waals surface area contributed by atoms with Gasteiger partial charge in [-0.2, -0.15) is 0 Å². The average molecular weight is 346 g/mol. The van der Waals surface area contributed by atoms with Gasteiger partial charge in [-0.25, -0.2) is 4.39 Å². The molecule has 1 N–H and O–H groups in total. The molecule has 1 aromatic carbocycles. The van der Waals surface area contributed by atoms with Crippen molar-refractivity contribution in [3.05, 3.63) is 47.6 Å². The minimum absolute atomic E-state index is 0.0238. The summed E-state index contributed by atoms with van der Waals surface area (Å²) < 4.78 is 18.1. The number of halogens is 1. The van der Waals surface area contributed by atoms with Crippen molar-refractivity contribution in [3.8, 4) is 0 Å². The van der Waals surface area contributed by atoms with E-state index in [1.165, 1.54) is 12.1 Å². The van der Waals surface area contributed by atoms with Gasteiger partial charge in [0, 0.05) is 37.9 Å². The maximum atomic E-state index is 13.0. The summed E-state index contributed by atoms with van der Waals surface area (Å²) in [7, 11) is 0. The molecule has 3 rings (SSSR count). The normalized spacial score (nSPS) is 16.7. The molecule has 1 unspecified atom stereocenters. The van der Waals surface area contributed by atoms with E-state index in [2.05, 4.69) is 20.3 Å². The predicted molar refractivity (Wildman–Crippen MR) is 92.7 cm³/mol. The van der Waals surface area contributed by atoms with Crippen LogP contribution in [0.15, 0.2) is 34.9 Å². The Hall–Kier alpha value is -2.41. The lowest BCUT2D eigenvalue weighted by Crippen LogP contribution is -2.53. The number of carbonyl (C=O) groups excluding carboxylic acids is 1. The summed E-state index contributed by atoms with van der Waals surface area (Å²) in [6, 6.07) is 8.14. The highest BCUT2D eigenvalue weighted by Crippen LogP contribution is 2.17. The fraction of sp³-hybridized carbons (Fsp3) is 0.444. The van der Waals surface area contributed by atoms with Crippen molar-refractivity contribution in [1.82, 2.24) is 15.4 Å². The van der Waals surface area contributed by atoms with Crippen LogP contribution in [-0.4, -0.2) is 48.2 Å². The Morgan fingerprint density at radius 1 is 1.28 bits per heavy atom. The quantitative estimate of drug-likeness (QED) is 0.897. The molecule has 1 aliphatic rings. The monoisotopic (exact) mass is 346 g/mol. The van der Waals surface area contributed by atoms with Gasteiger partial charge in [0.05, 0.1) is 18.3 Å². The molecule has 7 heteroatoms. The summed E-state index contributed by atoms with van der Waals surface area (Å²) in [5.74, 6) is 0.401. The maximum Gasteiger partial charge on any atom is 0.237 e. The van der Waals surface area contributed by atoms with Crippen LogP contribution in [0.25, 0.3) is 0 Å². The zero-order valence-corrected chi connectivity index (χ0v) is 14.5. The van der Waals surface area contributed by atoms with E-state index in [0.29, 0.717) is 12.3 Å². The molecule has 6 nitrogen and oxygen atoms in total. The number of nitrogens with zero attached hydrogens (tertiary/aromatic N) is 3. The van der Waals surface area contributed by atoms with E-state index in [1.807, 2.05) is 19.9 Å². The Morgan fingerprint density at radius 3 is 2.56 bits per heavy atom. The van der Waals surface area contributed by atoms with E-state index in [9.17, 15) is 9.18 Å². The van der Waals surface area contributed by atoms with Crippen LogP contribution in [0.4, 0.5) is 10.1 Å². The largest absolute Gasteiger partial charge is 0.369 e. The van der Waals surface area contributed by atoms with E-state index in [4.69, 9.17) is 4.52 Å². The topological polar surface area (TPSA) is 61.6 Å². The number of carbonyl (C=O) groups is 1. The van der Waals surface area contributed by atoms with Gasteiger partial charge in [0.1, 0.15) is 5.82 Å². The Morgan fingerprint density at radius 2 is 1.96 bits per heavy atom. The molecule has 1 aromatic heterocycles. The third-order valence-electron chi connectivity index (χ3n) is 4.55. The number of amides is 1. The van der Waals surface area contributed by atoms with Gasteiger partial charge in [-0.05, 0) is 38.1 Å². The van der Waals surface area contributed by atoms with Crippen molar-refractivity contribution in [2.45, 2.75) is 26.4 Å². The molecule has 1 fully saturated rings. The molecule has 25 heavy (non-hydrogen) atoms. The molecule has 2 heterocycles. The summed E-state index contributed by atoms with van der Waals surface area (Å²) in [6.45, 7) is 7.29. The summed E-state index contributed by atoms with van der Waals surface area (Å²) in [5, 5.41) is 6.69. The van der Waals surface area contributed by atoms with Crippen LogP contribution in [-0.2, 0) is 11.3 Å². The predicted octanol–water partition coefficient (Wildman–Crippen LogP) is 1.95. The number of aryl methyl sites for hydroxylation is 1. The zero-order valence-electron chi connectivity index (χ0n) is 14.5. The molecular formula is C18H23FN4O2. The summed E-state index contributed by atoms with van der Waals surface area (Å²) >= 11 is 0. The number of hydrogen-bond donors (Lipinski definition) is 1. The third-order valence-corrected chi connectivity index (χ3v) is 4.55. The van der Waals surface area contributed by atoms with Gasteiger partial charge >= 0.3 is 0 Å². The smallest absolute Gasteiger partial charge is 0.237 e. The van der Waals surface area contributed by atoms with E-state index >= 15 is 0 Å². The molecule has 0 spiro atoms. The van der Waals surface area contributed by atoms with Crippen LogP contribution in [0.5, 0.6) is 0 Å². The van der Waals surface area contributed by atoms with Gasteiger partial charge in [0.25, 0.3) is 0 Å². The highest BCUT2D eigenvalue weighted by Gasteiger charge is 2.25. The van der Waals surface area contributed by atoms with Gasteiger partial charge in [0.2, 0.25) is 5.91 Å². The molecule has 2 aromatic rings.